The number of carboxylic acids is 1. The van der Waals surface area contributed by atoms with Crippen LogP contribution in [0.25, 0.3) is 0 Å². The van der Waals surface area contributed by atoms with E-state index >= 15 is 0 Å². The molecular formula is C11H7FN2O6S. The second-order valence-electron chi connectivity index (χ2n) is 3.87. The predicted octanol–water partition coefficient (Wildman–Crippen LogP) is 1.47. The molecule has 0 aliphatic carbocycles. The number of aromatic carboxylic acids is 1. The molecular weight excluding hydrogens is 307 g/mol. The summed E-state index contributed by atoms with van der Waals surface area (Å²) in [7, 11) is -4.38. The van der Waals surface area contributed by atoms with Gasteiger partial charge in [-0.1, -0.05) is 0 Å². The Labute approximate surface area is 117 Å². The Kier molecular flexibility index (Phi) is 3.47. The maximum atomic E-state index is 13.2. The maximum absolute atomic E-state index is 13.2. The lowest BCUT2D eigenvalue weighted by Gasteiger charge is -2.08. The van der Waals surface area contributed by atoms with Crippen LogP contribution in [0.2, 0.25) is 0 Å². The molecule has 2 aromatic rings. The molecule has 110 valence electrons. The SMILES string of the molecule is O=C(O)c1cccn1S(=O)(=O)c1ccc(F)c([N+](=O)[O-])c1. The molecule has 8 nitrogen and oxygen atoms in total. The van der Waals surface area contributed by atoms with E-state index in [0.717, 1.165) is 18.3 Å². The maximum Gasteiger partial charge on any atom is 0.353 e. The molecule has 1 heterocycles. The lowest BCUT2D eigenvalue weighted by Crippen LogP contribution is -2.17. The van der Waals surface area contributed by atoms with Crippen LogP contribution in [0.1, 0.15) is 10.5 Å². The molecule has 0 amide bonds. The highest BCUT2D eigenvalue weighted by Gasteiger charge is 2.25. The summed E-state index contributed by atoms with van der Waals surface area (Å²) < 4.78 is 38.2. The summed E-state index contributed by atoms with van der Waals surface area (Å²) in [6.45, 7) is 0. The van der Waals surface area contributed by atoms with Crippen LogP contribution in [0, 0.1) is 15.9 Å². The summed E-state index contributed by atoms with van der Waals surface area (Å²) in [5.74, 6) is -2.68. The average molecular weight is 314 g/mol. The van der Waals surface area contributed by atoms with Gasteiger partial charge in [-0.25, -0.2) is 17.2 Å². The fourth-order valence-electron chi connectivity index (χ4n) is 1.65. The minimum absolute atomic E-state index is 0.451. The largest absolute Gasteiger partial charge is 0.477 e. The fraction of sp³-hybridized carbons (Fsp3) is 0. The van der Waals surface area contributed by atoms with E-state index in [1.165, 1.54) is 6.07 Å². The van der Waals surface area contributed by atoms with E-state index in [2.05, 4.69) is 0 Å². The number of hydrogen-bond acceptors (Lipinski definition) is 5. The summed E-state index contributed by atoms with van der Waals surface area (Å²) in [5, 5.41) is 19.5. The minimum atomic E-state index is -4.38. The minimum Gasteiger partial charge on any atom is -0.477 e. The van der Waals surface area contributed by atoms with Crippen LogP contribution in [-0.2, 0) is 10.0 Å². The molecule has 1 aromatic heterocycles. The highest BCUT2D eigenvalue weighted by atomic mass is 32.2. The zero-order valence-corrected chi connectivity index (χ0v) is 10.9. The number of nitrogens with zero attached hydrogens (tertiary/aromatic N) is 2. The molecule has 0 fully saturated rings. The van der Waals surface area contributed by atoms with E-state index < -0.39 is 43.0 Å². The van der Waals surface area contributed by atoms with Gasteiger partial charge in [0.05, 0.1) is 9.82 Å². The lowest BCUT2D eigenvalue weighted by atomic mass is 10.3. The van der Waals surface area contributed by atoms with Crippen LogP contribution >= 0.6 is 0 Å². The molecule has 0 radical (unpaired) electrons. The van der Waals surface area contributed by atoms with Gasteiger partial charge in [-0.3, -0.25) is 10.1 Å². The van der Waals surface area contributed by atoms with Crippen LogP contribution in [0.4, 0.5) is 10.1 Å². The van der Waals surface area contributed by atoms with Gasteiger partial charge in [-0.2, -0.15) is 4.39 Å². The second-order valence-corrected chi connectivity index (χ2v) is 5.68. The number of halogens is 1. The molecule has 0 saturated heterocycles. The van der Waals surface area contributed by atoms with Crippen LogP contribution in [0.5, 0.6) is 0 Å². The van der Waals surface area contributed by atoms with Gasteiger partial charge in [0, 0.05) is 12.3 Å². The van der Waals surface area contributed by atoms with Crippen molar-refractivity contribution in [2.45, 2.75) is 4.90 Å². The van der Waals surface area contributed by atoms with E-state index in [0.29, 0.717) is 16.1 Å². The van der Waals surface area contributed by atoms with Gasteiger partial charge < -0.3 is 5.11 Å². The molecule has 2 rings (SSSR count). The smallest absolute Gasteiger partial charge is 0.353 e. The van der Waals surface area contributed by atoms with Crippen molar-refractivity contribution in [3.05, 3.63) is 58.2 Å². The number of nitro groups is 1. The number of nitro benzene ring substituents is 1. The first-order valence-corrected chi connectivity index (χ1v) is 6.79. The van der Waals surface area contributed by atoms with E-state index in [9.17, 15) is 27.7 Å². The summed E-state index contributed by atoms with van der Waals surface area (Å²) >= 11 is 0. The number of hydrogen-bond donors (Lipinski definition) is 1. The van der Waals surface area contributed by atoms with Crippen molar-refractivity contribution in [2.24, 2.45) is 0 Å². The third-order valence-electron chi connectivity index (χ3n) is 2.60. The number of rotatable bonds is 4. The zero-order chi connectivity index (χ0) is 15.8. The van der Waals surface area contributed by atoms with Crippen molar-refractivity contribution in [2.75, 3.05) is 0 Å². The van der Waals surface area contributed by atoms with Gasteiger partial charge in [-0.15, -0.1) is 0 Å². The van der Waals surface area contributed by atoms with Crippen molar-refractivity contribution in [1.82, 2.24) is 3.97 Å². The van der Waals surface area contributed by atoms with Gasteiger partial charge in [0.25, 0.3) is 10.0 Å². The van der Waals surface area contributed by atoms with Gasteiger partial charge in [0.1, 0.15) is 5.69 Å². The summed E-state index contributed by atoms with van der Waals surface area (Å²) in [4.78, 5) is 19.9. The molecule has 1 aromatic carbocycles. The van der Waals surface area contributed by atoms with E-state index in [1.54, 1.807) is 0 Å². The fourth-order valence-corrected chi connectivity index (χ4v) is 3.00. The summed E-state index contributed by atoms with van der Waals surface area (Å²) in [6.07, 6.45) is 0.980. The first kappa shape index (κ1) is 14.7. The quantitative estimate of drug-likeness (QED) is 0.674. The Balaban J connectivity index is 2.65. The Morgan fingerprint density at radius 3 is 2.57 bits per heavy atom. The predicted molar refractivity (Wildman–Crippen MR) is 67.0 cm³/mol. The molecule has 10 heteroatoms. The molecule has 0 bridgehead atoms. The second kappa shape index (κ2) is 4.98. The summed E-state index contributed by atoms with van der Waals surface area (Å²) in [6, 6.07) is 4.24. The molecule has 0 unspecified atom stereocenters. The number of aromatic nitrogens is 1. The highest BCUT2D eigenvalue weighted by Crippen LogP contribution is 2.24. The third-order valence-corrected chi connectivity index (χ3v) is 4.29. The van der Waals surface area contributed by atoms with E-state index in [4.69, 9.17) is 5.11 Å². The average Bonchev–Trinajstić information content (AvgIpc) is 2.88. The molecule has 0 spiro atoms. The Bertz CT molecular complexity index is 842. The zero-order valence-electron chi connectivity index (χ0n) is 10.1. The van der Waals surface area contributed by atoms with Gasteiger partial charge in [0.2, 0.25) is 5.82 Å². The highest BCUT2D eigenvalue weighted by molar-refractivity contribution is 7.90. The van der Waals surface area contributed by atoms with Crippen LogP contribution in [-0.4, -0.2) is 28.4 Å². The topological polar surface area (TPSA) is 120 Å². The first-order valence-electron chi connectivity index (χ1n) is 5.35. The van der Waals surface area contributed by atoms with Gasteiger partial charge >= 0.3 is 11.7 Å². The third kappa shape index (κ3) is 2.48. The number of benzene rings is 1. The Morgan fingerprint density at radius 2 is 2.00 bits per heavy atom. The molecule has 0 atom stereocenters. The van der Waals surface area contributed by atoms with Crippen molar-refractivity contribution >= 4 is 21.7 Å². The van der Waals surface area contributed by atoms with Crippen LogP contribution in [0.3, 0.4) is 0 Å². The normalized spacial score (nSPS) is 11.3. The molecule has 21 heavy (non-hydrogen) atoms. The van der Waals surface area contributed by atoms with Gasteiger partial charge in [-0.05, 0) is 24.3 Å². The monoisotopic (exact) mass is 314 g/mol. The van der Waals surface area contributed by atoms with Crippen molar-refractivity contribution < 1.29 is 27.6 Å². The van der Waals surface area contributed by atoms with Gasteiger partial charge in [0.15, 0.2) is 0 Å². The molecule has 0 aliphatic heterocycles. The molecule has 0 aliphatic rings. The Morgan fingerprint density at radius 1 is 1.33 bits per heavy atom. The Hall–Kier alpha value is -2.75. The van der Waals surface area contributed by atoms with E-state index in [1.807, 2.05) is 0 Å². The van der Waals surface area contributed by atoms with Crippen molar-refractivity contribution in [1.29, 1.82) is 0 Å². The van der Waals surface area contributed by atoms with Crippen molar-refractivity contribution in [3.63, 3.8) is 0 Å². The van der Waals surface area contributed by atoms with Crippen LogP contribution in [0.15, 0.2) is 41.4 Å². The summed E-state index contributed by atoms with van der Waals surface area (Å²) in [5.41, 5.74) is -1.55. The van der Waals surface area contributed by atoms with Crippen LogP contribution < -0.4 is 0 Å². The first-order chi connectivity index (χ1) is 9.75. The number of carboxylic acid groups (broad SMARTS) is 1. The van der Waals surface area contributed by atoms with E-state index in [-0.39, 0.29) is 0 Å². The molecule has 0 saturated carbocycles. The lowest BCUT2D eigenvalue weighted by molar-refractivity contribution is -0.387. The van der Waals surface area contributed by atoms with Crippen molar-refractivity contribution in [3.8, 4) is 0 Å². The molecule has 1 N–H and O–H groups in total. The number of carbonyl (C=O) groups is 1. The standard InChI is InChI=1S/C11H7FN2O6S/c12-8-4-3-7(6-10(8)14(17)18)21(19,20)13-5-1-2-9(13)11(15)16/h1-6H,(H,15,16).